The molecule has 112 valence electrons. The second-order valence-corrected chi connectivity index (χ2v) is 6.40. The highest BCUT2D eigenvalue weighted by Crippen LogP contribution is 2.18. The van der Waals surface area contributed by atoms with Crippen LogP contribution in [0.3, 0.4) is 0 Å². The van der Waals surface area contributed by atoms with Gasteiger partial charge in [-0.05, 0) is 41.0 Å². The number of carbonyl (C=O) groups is 1. The first-order valence-corrected chi connectivity index (χ1v) is 7.09. The average Bonchev–Trinajstić information content (AvgIpc) is 2.25. The summed E-state index contributed by atoms with van der Waals surface area (Å²) in [7, 11) is 0. The number of piperazine rings is 1. The number of ether oxygens (including phenoxy) is 1. The molecule has 0 aromatic rings. The Labute approximate surface area is 116 Å². The monoisotopic (exact) mass is 272 g/mol. The van der Waals surface area contributed by atoms with Crippen molar-refractivity contribution in [3.05, 3.63) is 0 Å². The quantitative estimate of drug-likeness (QED) is 0.849. The number of nitrogens with zero attached hydrogens (tertiary/aromatic N) is 2. The molecule has 0 bridgehead atoms. The van der Waals surface area contributed by atoms with Crippen molar-refractivity contribution >= 4 is 6.09 Å². The molecule has 1 saturated heterocycles. The lowest BCUT2D eigenvalue weighted by atomic mass is 10.1. The van der Waals surface area contributed by atoms with Crippen LogP contribution in [0.25, 0.3) is 0 Å². The Bertz CT molecular complexity index is 290. The zero-order valence-electron chi connectivity index (χ0n) is 12.8. The van der Waals surface area contributed by atoms with Crippen LogP contribution in [0.1, 0.15) is 41.0 Å². The number of hydrogen-bond donors (Lipinski definition) is 1. The maximum atomic E-state index is 12.1. The van der Waals surface area contributed by atoms with Gasteiger partial charge in [-0.25, -0.2) is 4.79 Å². The molecule has 0 aromatic carbocycles. The fraction of sp³-hybridized carbons (Fsp3) is 0.929. The van der Waals surface area contributed by atoms with Crippen molar-refractivity contribution in [2.45, 2.75) is 58.7 Å². The number of aliphatic hydroxyl groups excluding tert-OH is 1. The van der Waals surface area contributed by atoms with Gasteiger partial charge in [-0.2, -0.15) is 0 Å². The molecule has 0 radical (unpaired) electrons. The van der Waals surface area contributed by atoms with Gasteiger partial charge in [0, 0.05) is 38.3 Å². The van der Waals surface area contributed by atoms with Crippen LogP contribution in [-0.4, -0.2) is 64.9 Å². The summed E-state index contributed by atoms with van der Waals surface area (Å²) in [6.07, 6.45) is 0.550. The molecule has 1 aliphatic heterocycles. The standard InChI is InChI=1S/C14H28N2O3/c1-11-9-15(13(18)19-14(3,4)5)10-12(2)16(11)7-6-8-17/h11-12,17H,6-10H2,1-5H3. The van der Waals surface area contributed by atoms with E-state index in [1.54, 1.807) is 4.90 Å². The molecule has 1 amide bonds. The lowest BCUT2D eigenvalue weighted by molar-refractivity contribution is -0.00862. The molecular weight excluding hydrogens is 244 g/mol. The topological polar surface area (TPSA) is 53.0 Å². The van der Waals surface area contributed by atoms with E-state index in [4.69, 9.17) is 9.84 Å². The Hall–Kier alpha value is -0.810. The van der Waals surface area contributed by atoms with Gasteiger partial charge in [-0.1, -0.05) is 0 Å². The smallest absolute Gasteiger partial charge is 0.410 e. The molecule has 2 unspecified atom stereocenters. The molecule has 1 fully saturated rings. The number of rotatable bonds is 3. The molecule has 1 N–H and O–H groups in total. The van der Waals surface area contributed by atoms with Crippen molar-refractivity contribution in [2.24, 2.45) is 0 Å². The van der Waals surface area contributed by atoms with Gasteiger partial charge in [0.15, 0.2) is 0 Å². The minimum atomic E-state index is -0.447. The number of hydrogen-bond acceptors (Lipinski definition) is 4. The third-order valence-corrected chi connectivity index (χ3v) is 3.33. The first-order chi connectivity index (χ1) is 8.74. The fourth-order valence-electron chi connectivity index (χ4n) is 2.53. The van der Waals surface area contributed by atoms with Crippen LogP contribution in [0.15, 0.2) is 0 Å². The summed E-state index contributed by atoms with van der Waals surface area (Å²) in [5.41, 5.74) is -0.447. The molecule has 0 spiro atoms. The Balaban J connectivity index is 2.56. The van der Waals surface area contributed by atoms with E-state index in [1.165, 1.54) is 0 Å². The highest BCUT2D eigenvalue weighted by molar-refractivity contribution is 5.68. The van der Waals surface area contributed by atoms with Gasteiger partial charge in [0.05, 0.1) is 0 Å². The predicted octanol–water partition coefficient (Wildman–Crippen LogP) is 1.70. The normalized spacial score (nSPS) is 25.5. The van der Waals surface area contributed by atoms with Crippen LogP contribution in [0, 0.1) is 0 Å². The van der Waals surface area contributed by atoms with Crippen molar-refractivity contribution in [1.82, 2.24) is 9.80 Å². The highest BCUT2D eigenvalue weighted by Gasteiger charge is 2.33. The zero-order valence-corrected chi connectivity index (χ0v) is 12.8. The minimum Gasteiger partial charge on any atom is -0.444 e. The van der Waals surface area contributed by atoms with Crippen LogP contribution >= 0.6 is 0 Å². The Morgan fingerprint density at radius 3 is 2.21 bits per heavy atom. The largest absolute Gasteiger partial charge is 0.444 e. The Morgan fingerprint density at radius 2 is 1.79 bits per heavy atom. The molecule has 19 heavy (non-hydrogen) atoms. The summed E-state index contributed by atoms with van der Waals surface area (Å²) in [4.78, 5) is 16.2. The molecule has 1 aliphatic rings. The van der Waals surface area contributed by atoms with E-state index in [0.29, 0.717) is 25.2 Å². The lowest BCUT2D eigenvalue weighted by Gasteiger charge is -2.44. The molecular formula is C14H28N2O3. The number of aliphatic hydroxyl groups is 1. The van der Waals surface area contributed by atoms with E-state index in [1.807, 2.05) is 20.8 Å². The minimum absolute atomic E-state index is 0.214. The van der Waals surface area contributed by atoms with E-state index >= 15 is 0 Å². The van der Waals surface area contributed by atoms with Crippen molar-refractivity contribution < 1.29 is 14.6 Å². The first-order valence-electron chi connectivity index (χ1n) is 7.09. The predicted molar refractivity (Wildman–Crippen MR) is 75.1 cm³/mol. The molecule has 5 heteroatoms. The lowest BCUT2D eigenvalue weighted by Crippen LogP contribution is -2.58. The van der Waals surface area contributed by atoms with Gasteiger partial charge in [0.2, 0.25) is 0 Å². The van der Waals surface area contributed by atoms with E-state index in [-0.39, 0.29) is 12.7 Å². The van der Waals surface area contributed by atoms with Gasteiger partial charge in [0.25, 0.3) is 0 Å². The van der Waals surface area contributed by atoms with Gasteiger partial charge in [-0.3, -0.25) is 4.90 Å². The SMILES string of the molecule is CC1CN(C(=O)OC(C)(C)C)CC(C)N1CCCO. The summed E-state index contributed by atoms with van der Waals surface area (Å²) in [6, 6.07) is 0.589. The fourth-order valence-corrected chi connectivity index (χ4v) is 2.53. The molecule has 0 saturated carbocycles. The van der Waals surface area contributed by atoms with Crippen molar-refractivity contribution in [2.75, 3.05) is 26.2 Å². The van der Waals surface area contributed by atoms with Gasteiger partial charge in [0.1, 0.15) is 5.60 Å². The summed E-state index contributed by atoms with van der Waals surface area (Å²) in [6.45, 7) is 12.3. The van der Waals surface area contributed by atoms with Crippen molar-refractivity contribution in [3.63, 3.8) is 0 Å². The average molecular weight is 272 g/mol. The Morgan fingerprint density at radius 1 is 1.26 bits per heavy atom. The maximum Gasteiger partial charge on any atom is 0.410 e. The first kappa shape index (κ1) is 16.2. The van der Waals surface area contributed by atoms with Crippen LogP contribution in [0.5, 0.6) is 0 Å². The zero-order chi connectivity index (χ0) is 14.6. The summed E-state index contributed by atoms with van der Waals surface area (Å²) in [5.74, 6) is 0. The summed E-state index contributed by atoms with van der Waals surface area (Å²) in [5, 5.41) is 8.93. The van der Waals surface area contributed by atoms with E-state index in [0.717, 1.165) is 13.0 Å². The van der Waals surface area contributed by atoms with Gasteiger partial charge in [-0.15, -0.1) is 0 Å². The van der Waals surface area contributed by atoms with Crippen LogP contribution in [0.2, 0.25) is 0 Å². The van der Waals surface area contributed by atoms with E-state index < -0.39 is 5.60 Å². The van der Waals surface area contributed by atoms with E-state index in [9.17, 15) is 4.79 Å². The van der Waals surface area contributed by atoms with Crippen molar-refractivity contribution in [1.29, 1.82) is 0 Å². The summed E-state index contributed by atoms with van der Waals surface area (Å²) < 4.78 is 5.42. The number of carbonyl (C=O) groups excluding carboxylic acids is 1. The third kappa shape index (κ3) is 4.99. The Kier molecular flexibility index (Phi) is 5.62. The third-order valence-electron chi connectivity index (χ3n) is 3.33. The van der Waals surface area contributed by atoms with Crippen LogP contribution in [-0.2, 0) is 4.74 Å². The molecule has 0 aliphatic carbocycles. The molecule has 5 nitrogen and oxygen atoms in total. The van der Waals surface area contributed by atoms with Crippen LogP contribution in [0.4, 0.5) is 4.79 Å². The van der Waals surface area contributed by atoms with Crippen molar-refractivity contribution in [3.8, 4) is 0 Å². The van der Waals surface area contributed by atoms with Gasteiger partial charge >= 0.3 is 6.09 Å². The van der Waals surface area contributed by atoms with Crippen LogP contribution < -0.4 is 0 Å². The van der Waals surface area contributed by atoms with E-state index in [2.05, 4.69) is 18.7 Å². The second kappa shape index (κ2) is 6.57. The molecule has 2 atom stereocenters. The molecule has 0 aromatic heterocycles. The van der Waals surface area contributed by atoms with Gasteiger partial charge < -0.3 is 14.7 Å². The second-order valence-electron chi connectivity index (χ2n) is 6.40. The number of amides is 1. The maximum absolute atomic E-state index is 12.1. The molecule has 1 heterocycles. The molecule has 1 rings (SSSR count). The summed E-state index contributed by atoms with van der Waals surface area (Å²) >= 11 is 0. The highest BCUT2D eigenvalue weighted by atomic mass is 16.6.